The van der Waals surface area contributed by atoms with Crippen LogP contribution in [0.15, 0.2) is 29.2 Å². The van der Waals surface area contributed by atoms with E-state index in [1.807, 2.05) is 4.90 Å². The van der Waals surface area contributed by atoms with E-state index in [9.17, 15) is 4.79 Å². The summed E-state index contributed by atoms with van der Waals surface area (Å²) >= 11 is 1.78. The van der Waals surface area contributed by atoms with E-state index >= 15 is 0 Å². The molecule has 1 amide bonds. The van der Waals surface area contributed by atoms with Crippen LogP contribution in [0.25, 0.3) is 0 Å². The van der Waals surface area contributed by atoms with Crippen LogP contribution in [0, 0.1) is 0 Å². The monoisotopic (exact) mass is 334 g/mol. The molecule has 4 nitrogen and oxygen atoms in total. The average Bonchev–Trinajstić information content (AvgIpc) is 3.02. The Hall–Kier alpha value is -1.04. The largest absolute Gasteiger partial charge is 0.368 e. The number of rotatable bonds is 4. The molecule has 1 aromatic carbocycles. The molecule has 0 aliphatic carbocycles. The highest BCUT2D eigenvalue weighted by molar-refractivity contribution is 7.98. The fourth-order valence-electron chi connectivity index (χ4n) is 3.35. The average molecular weight is 334 g/mol. The molecule has 1 atom stereocenters. The predicted molar refractivity (Wildman–Crippen MR) is 93.7 cm³/mol. The Balaban J connectivity index is 1.54. The number of amides is 1. The van der Waals surface area contributed by atoms with E-state index < -0.39 is 0 Å². The van der Waals surface area contributed by atoms with E-state index in [-0.39, 0.29) is 12.0 Å². The van der Waals surface area contributed by atoms with Gasteiger partial charge in [-0.05, 0) is 43.2 Å². The van der Waals surface area contributed by atoms with E-state index in [0.29, 0.717) is 0 Å². The molecule has 3 rings (SSSR count). The third kappa shape index (κ3) is 4.49. The van der Waals surface area contributed by atoms with E-state index in [4.69, 9.17) is 4.74 Å². The first kappa shape index (κ1) is 16.8. The molecule has 2 aliphatic rings. The fourth-order valence-corrected chi connectivity index (χ4v) is 3.84. The maximum atomic E-state index is 12.5. The Morgan fingerprint density at radius 1 is 1.26 bits per heavy atom. The van der Waals surface area contributed by atoms with Crippen molar-refractivity contribution in [3.63, 3.8) is 0 Å². The molecule has 2 heterocycles. The van der Waals surface area contributed by atoms with Gasteiger partial charge in [-0.2, -0.15) is 0 Å². The van der Waals surface area contributed by atoms with Gasteiger partial charge in [-0.15, -0.1) is 11.8 Å². The zero-order chi connectivity index (χ0) is 16.1. The van der Waals surface area contributed by atoms with Crippen molar-refractivity contribution < 1.29 is 9.53 Å². The van der Waals surface area contributed by atoms with Crippen LogP contribution in [0.3, 0.4) is 0 Å². The molecule has 2 aliphatic heterocycles. The number of hydrogen-bond acceptors (Lipinski definition) is 4. The van der Waals surface area contributed by atoms with Crippen LogP contribution >= 0.6 is 11.8 Å². The zero-order valence-corrected chi connectivity index (χ0v) is 14.7. The van der Waals surface area contributed by atoms with Crippen molar-refractivity contribution in [1.82, 2.24) is 9.80 Å². The molecule has 2 fully saturated rings. The maximum Gasteiger partial charge on any atom is 0.251 e. The molecule has 0 N–H and O–H groups in total. The van der Waals surface area contributed by atoms with Crippen molar-refractivity contribution in [1.29, 1.82) is 0 Å². The summed E-state index contributed by atoms with van der Waals surface area (Å²) in [6.07, 6.45) is 4.88. The zero-order valence-electron chi connectivity index (χ0n) is 13.9. The van der Waals surface area contributed by atoms with Crippen LogP contribution in [0.2, 0.25) is 0 Å². The second-order valence-electron chi connectivity index (χ2n) is 6.31. The van der Waals surface area contributed by atoms with Gasteiger partial charge < -0.3 is 9.64 Å². The number of ether oxygens (including phenoxy) is 1. The quantitative estimate of drug-likeness (QED) is 0.793. The minimum Gasteiger partial charge on any atom is -0.368 e. The van der Waals surface area contributed by atoms with Gasteiger partial charge in [-0.1, -0.05) is 12.1 Å². The summed E-state index contributed by atoms with van der Waals surface area (Å²) in [6, 6.07) is 8.75. The molecule has 0 aromatic heterocycles. The summed E-state index contributed by atoms with van der Waals surface area (Å²) in [7, 11) is 0. The van der Waals surface area contributed by atoms with Crippen molar-refractivity contribution >= 4 is 17.7 Å². The van der Waals surface area contributed by atoms with Crippen LogP contribution in [0.1, 0.15) is 24.8 Å². The van der Waals surface area contributed by atoms with Crippen LogP contribution in [-0.4, -0.2) is 60.9 Å². The third-order valence-corrected chi connectivity index (χ3v) is 5.37. The van der Waals surface area contributed by atoms with E-state index in [2.05, 4.69) is 35.4 Å². The molecule has 0 radical (unpaired) electrons. The number of benzene rings is 1. The number of carbonyl (C=O) groups excluding carboxylic acids is 1. The highest BCUT2D eigenvalue weighted by Gasteiger charge is 2.29. The SMILES string of the molecule is CSc1cccc(CN2CCCN(C(=O)C3CCCO3)CC2)c1. The Kier molecular flexibility index (Phi) is 5.97. The normalized spacial score (nSPS) is 23.0. The third-order valence-electron chi connectivity index (χ3n) is 4.65. The number of hydrogen-bond donors (Lipinski definition) is 0. The van der Waals surface area contributed by atoms with E-state index in [1.165, 1.54) is 10.5 Å². The number of nitrogens with zero attached hydrogens (tertiary/aromatic N) is 2. The van der Waals surface area contributed by atoms with Crippen LogP contribution < -0.4 is 0 Å². The molecule has 2 saturated heterocycles. The molecule has 0 spiro atoms. The summed E-state index contributed by atoms with van der Waals surface area (Å²) in [6.45, 7) is 5.39. The fraction of sp³-hybridized carbons (Fsp3) is 0.611. The summed E-state index contributed by atoms with van der Waals surface area (Å²) in [4.78, 5) is 18.3. The maximum absolute atomic E-state index is 12.5. The molecule has 0 bridgehead atoms. The molecule has 0 saturated carbocycles. The summed E-state index contributed by atoms with van der Waals surface area (Å²) in [5.74, 6) is 0.203. The smallest absolute Gasteiger partial charge is 0.251 e. The van der Waals surface area contributed by atoms with Gasteiger partial charge in [0.05, 0.1) is 0 Å². The van der Waals surface area contributed by atoms with Gasteiger partial charge in [0.1, 0.15) is 6.10 Å². The first-order chi connectivity index (χ1) is 11.3. The molecular weight excluding hydrogens is 308 g/mol. The van der Waals surface area contributed by atoms with Crippen molar-refractivity contribution in [3.8, 4) is 0 Å². The number of carbonyl (C=O) groups is 1. The Labute approximate surface area is 143 Å². The lowest BCUT2D eigenvalue weighted by atomic mass is 10.2. The van der Waals surface area contributed by atoms with Gasteiger partial charge >= 0.3 is 0 Å². The van der Waals surface area contributed by atoms with Gasteiger partial charge in [0, 0.05) is 44.2 Å². The summed E-state index contributed by atoms with van der Waals surface area (Å²) < 4.78 is 5.55. The molecular formula is C18H26N2O2S. The van der Waals surface area contributed by atoms with E-state index in [0.717, 1.165) is 58.6 Å². The lowest BCUT2D eigenvalue weighted by Crippen LogP contribution is -2.41. The second kappa shape index (κ2) is 8.18. The molecule has 1 aromatic rings. The molecule has 5 heteroatoms. The summed E-state index contributed by atoms with van der Waals surface area (Å²) in [5, 5.41) is 0. The topological polar surface area (TPSA) is 32.8 Å². The molecule has 23 heavy (non-hydrogen) atoms. The minimum absolute atomic E-state index is 0.181. The van der Waals surface area contributed by atoms with Crippen LogP contribution in [0.4, 0.5) is 0 Å². The predicted octanol–water partition coefficient (Wildman–Crippen LogP) is 2.62. The van der Waals surface area contributed by atoms with Crippen molar-refractivity contribution in [2.75, 3.05) is 39.0 Å². The Morgan fingerprint density at radius 2 is 2.17 bits per heavy atom. The van der Waals surface area contributed by atoms with Crippen molar-refractivity contribution in [2.24, 2.45) is 0 Å². The summed E-state index contributed by atoms with van der Waals surface area (Å²) in [5.41, 5.74) is 1.36. The van der Waals surface area contributed by atoms with Crippen LogP contribution in [0.5, 0.6) is 0 Å². The molecule has 1 unspecified atom stereocenters. The van der Waals surface area contributed by atoms with Gasteiger partial charge in [0.15, 0.2) is 0 Å². The van der Waals surface area contributed by atoms with Crippen molar-refractivity contribution in [3.05, 3.63) is 29.8 Å². The Morgan fingerprint density at radius 3 is 2.96 bits per heavy atom. The second-order valence-corrected chi connectivity index (χ2v) is 7.19. The lowest BCUT2D eigenvalue weighted by molar-refractivity contribution is -0.140. The highest BCUT2D eigenvalue weighted by atomic mass is 32.2. The Bertz CT molecular complexity index is 532. The molecule has 126 valence electrons. The van der Waals surface area contributed by atoms with Gasteiger partial charge in [0.25, 0.3) is 5.91 Å². The van der Waals surface area contributed by atoms with Gasteiger partial charge in [0.2, 0.25) is 0 Å². The lowest BCUT2D eigenvalue weighted by Gasteiger charge is -2.24. The first-order valence-electron chi connectivity index (χ1n) is 8.52. The van der Waals surface area contributed by atoms with E-state index in [1.54, 1.807) is 11.8 Å². The first-order valence-corrected chi connectivity index (χ1v) is 9.74. The standard InChI is InChI=1S/C18H26N2O2S/c1-23-16-6-2-5-15(13-16)14-19-8-4-9-20(11-10-19)18(21)17-7-3-12-22-17/h2,5-6,13,17H,3-4,7-12,14H2,1H3. The number of thioether (sulfide) groups is 1. The van der Waals surface area contributed by atoms with Gasteiger partial charge in [-0.25, -0.2) is 0 Å². The van der Waals surface area contributed by atoms with Crippen LogP contribution in [-0.2, 0) is 16.1 Å². The van der Waals surface area contributed by atoms with Crippen molar-refractivity contribution in [2.45, 2.75) is 36.8 Å². The van der Waals surface area contributed by atoms with Gasteiger partial charge in [-0.3, -0.25) is 9.69 Å². The minimum atomic E-state index is -0.181. The highest BCUT2D eigenvalue weighted by Crippen LogP contribution is 2.19.